The standard InChI is InChI=1S/C10H15N3O2/c1-7(14)4-5-10(15)11-9-6-13(3)12-8(9)2/h6H,4-5H2,1-3H3,(H,11,15). The van der Waals surface area contributed by atoms with Crippen LogP contribution in [0.2, 0.25) is 0 Å². The highest BCUT2D eigenvalue weighted by atomic mass is 16.2. The molecule has 0 aromatic carbocycles. The number of aromatic nitrogens is 2. The van der Waals surface area contributed by atoms with Gasteiger partial charge in [0.2, 0.25) is 5.91 Å². The molecule has 1 rings (SSSR count). The Labute approximate surface area is 88.5 Å². The lowest BCUT2D eigenvalue weighted by Gasteiger charge is -2.01. The van der Waals surface area contributed by atoms with Crippen molar-refractivity contribution >= 4 is 17.4 Å². The van der Waals surface area contributed by atoms with Gasteiger partial charge in [-0.2, -0.15) is 5.10 Å². The number of hydrogen-bond acceptors (Lipinski definition) is 3. The lowest BCUT2D eigenvalue weighted by atomic mass is 10.2. The lowest BCUT2D eigenvalue weighted by molar-refractivity contribution is -0.121. The third kappa shape index (κ3) is 3.53. The molecule has 1 aromatic rings. The molecular weight excluding hydrogens is 194 g/mol. The van der Waals surface area contributed by atoms with Gasteiger partial charge in [0, 0.05) is 26.1 Å². The SMILES string of the molecule is CC(=O)CCC(=O)Nc1cn(C)nc1C. The second-order valence-electron chi connectivity index (χ2n) is 3.55. The molecule has 0 aliphatic heterocycles. The number of ketones is 1. The normalized spacial score (nSPS) is 10.1. The predicted molar refractivity (Wildman–Crippen MR) is 56.5 cm³/mol. The minimum atomic E-state index is -0.152. The van der Waals surface area contributed by atoms with Crippen molar-refractivity contribution in [3.8, 4) is 0 Å². The molecule has 0 radical (unpaired) electrons. The van der Waals surface area contributed by atoms with Gasteiger partial charge in [0.15, 0.2) is 0 Å². The molecule has 0 unspecified atom stereocenters. The van der Waals surface area contributed by atoms with Crippen LogP contribution in [0.4, 0.5) is 5.69 Å². The van der Waals surface area contributed by atoms with E-state index in [1.165, 1.54) is 6.92 Å². The Balaban J connectivity index is 2.51. The Hall–Kier alpha value is -1.65. The van der Waals surface area contributed by atoms with Crippen molar-refractivity contribution in [3.05, 3.63) is 11.9 Å². The van der Waals surface area contributed by atoms with E-state index in [1.807, 2.05) is 6.92 Å². The number of nitrogens with zero attached hydrogens (tertiary/aromatic N) is 2. The van der Waals surface area contributed by atoms with Crippen LogP contribution in [0.3, 0.4) is 0 Å². The van der Waals surface area contributed by atoms with Crippen molar-refractivity contribution in [2.75, 3.05) is 5.32 Å². The van der Waals surface area contributed by atoms with Crippen molar-refractivity contribution in [3.63, 3.8) is 0 Å². The number of anilines is 1. The Morgan fingerprint density at radius 2 is 2.13 bits per heavy atom. The fourth-order valence-electron chi connectivity index (χ4n) is 1.22. The molecule has 0 aliphatic rings. The van der Waals surface area contributed by atoms with E-state index in [9.17, 15) is 9.59 Å². The highest BCUT2D eigenvalue weighted by molar-refractivity contribution is 5.93. The molecular formula is C10H15N3O2. The Morgan fingerprint density at radius 3 is 2.60 bits per heavy atom. The van der Waals surface area contributed by atoms with Gasteiger partial charge in [-0.3, -0.25) is 9.48 Å². The first kappa shape index (κ1) is 11.4. The maximum Gasteiger partial charge on any atom is 0.224 e. The van der Waals surface area contributed by atoms with Gasteiger partial charge >= 0.3 is 0 Å². The Bertz CT molecular complexity index is 382. The van der Waals surface area contributed by atoms with Crippen LogP contribution in [-0.2, 0) is 16.6 Å². The monoisotopic (exact) mass is 209 g/mol. The van der Waals surface area contributed by atoms with Gasteiger partial charge in [-0.15, -0.1) is 0 Å². The lowest BCUT2D eigenvalue weighted by Crippen LogP contribution is -2.12. The fourth-order valence-corrected chi connectivity index (χ4v) is 1.22. The number of amides is 1. The van der Waals surface area contributed by atoms with Crippen molar-refractivity contribution in [2.24, 2.45) is 7.05 Å². The Morgan fingerprint density at radius 1 is 1.47 bits per heavy atom. The summed E-state index contributed by atoms with van der Waals surface area (Å²) in [7, 11) is 1.79. The average Bonchev–Trinajstić information content (AvgIpc) is 2.42. The number of Topliss-reactive ketones (excluding diaryl/α,β-unsaturated/α-hetero) is 1. The van der Waals surface area contributed by atoms with Crippen LogP contribution in [-0.4, -0.2) is 21.5 Å². The van der Waals surface area contributed by atoms with Crippen LogP contribution in [0.1, 0.15) is 25.5 Å². The summed E-state index contributed by atoms with van der Waals surface area (Å²) in [4.78, 5) is 22.1. The molecule has 0 aliphatic carbocycles. The van der Waals surface area contributed by atoms with Crippen LogP contribution < -0.4 is 5.32 Å². The van der Waals surface area contributed by atoms with Crippen molar-refractivity contribution in [1.82, 2.24) is 9.78 Å². The second kappa shape index (κ2) is 4.72. The number of carbonyl (C=O) groups is 2. The van der Waals surface area contributed by atoms with E-state index < -0.39 is 0 Å². The first-order valence-electron chi connectivity index (χ1n) is 4.78. The van der Waals surface area contributed by atoms with Crippen LogP contribution in [0.15, 0.2) is 6.20 Å². The van der Waals surface area contributed by atoms with Crippen molar-refractivity contribution in [2.45, 2.75) is 26.7 Å². The maximum atomic E-state index is 11.4. The van der Waals surface area contributed by atoms with Gasteiger partial charge in [0.25, 0.3) is 0 Å². The molecule has 1 heterocycles. The highest BCUT2D eigenvalue weighted by Crippen LogP contribution is 2.11. The smallest absolute Gasteiger partial charge is 0.224 e. The largest absolute Gasteiger partial charge is 0.323 e. The molecule has 15 heavy (non-hydrogen) atoms. The van der Waals surface area contributed by atoms with Crippen LogP contribution in [0.5, 0.6) is 0 Å². The molecule has 82 valence electrons. The van der Waals surface area contributed by atoms with E-state index in [2.05, 4.69) is 10.4 Å². The van der Waals surface area contributed by atoms with E-state index >= 15 is 0 Å². The van der Waals surface area contributed by atoms with E-state index in [-0.39, 0.29) is 24.5 Å². The molecule has 1 aromatic heterocycles. The van der Waals surface area contributed by atoms with Gasteiger partial charge in [0.05, 0.1) is 11.4 Å². The number of aryl methyl sites for hydroxylation is 2. The zero-order valence-electron chi connectivity index (χ0n) is 9.20. The number of carbonyl (C=O) groups excluding carboxylic acids is 2. The summed E-state index contributed by atoms with van der Waals surface area (Å²) in [6.07, 6.45) is 2.25. The first-order chi connectivity index (χ1) is 6.99. The summed E-state index contributed by atoms with van der Waals surface area (Å²) in [5.74, 6) is -0.130. The van der Waals surface area contributed by atoms with Gasteiger partial charge in [-0.25, -0.2) is 0 Å². The summed E-state index contributed by atoms with van der Waals surface area (Å²) in [6, 6.07) is 0. The summed E-state index contributed by atoms with van der Waals surface area (Å²) in [6.45, 7) is 3.29. The van der Waals surface area contributed by atoms with Crippen LogP contribution >= 0.6 is 0 Å². The Kier molecular flexibility index (Phi) is 3.60. The molecule has 0 spiro atoms. The first-order valence-corrected chi connectivity index (χ1v) is 4.78. The molecule has 1 amide bonds. The van der Waals surface area contributed by atoms with E-state index in [0.717, 1.165) is 5.69 Å². The highest BCUT2D eigenvalue weighted by Gasteiger charge is 2.08. The van der Waals surface area contributed by atoms with E-state index in [1.54, 1.807) is 17.9 Å². The zero-order valence-corrected chi connectivity index (χ0v) is 9.20. The van der Waals surface area contributed by atoms with Crippen LogP contribution in [0, 0.1) is 6.92 Å². The molecule has 0 fully saturated rings. The molecule has 0 bridgehead atoms. The molecule has 5 heteroatoms. The summed E-state index contributed by atoms with van der Waals surface area (Å²) >= 11 is 0. The van der Waals surface area contributed by atoms with Gasteiger partial charge < -0.3 is 10.1 Å². The van der Waals surface area contributed by atoms with Gasteiger partial charge in [-0.1, -0.05) is 0 Å². The number of hydrogen-bond donors (Lipinski definition) is 1. The third-order valence-corrected chi connectivity index (χ3v) is 1.99. The minimum absolute atomic E-state index is 0.0214. The van der Waals surface area contributed by atoms with Crippen molar-refractivity contribution < 1.29 is 9.59 Å². The molecule has 0 atom stereocenters. The van der Waals surface area contributed by atoms with Gasteiger partial charge in [0.1, 0.15) is 5.78 Å². The van der Waals surface area contributed by atoms with E-state index in [0.29, 0.717) is 5.69 Å². The van der Waals surface area contributed by atoms with Crippen molar-refractivity contribution in [1.29, 1.82) is 0 Å². The van der Waals surface area contributed by atoms with Gasteiger partial charge in [-0.05, 0) is 13.8 Å². The molecule has 0 saturated carbocycles. The summed E-state index contributed by atoms with van der Waals surface area (Å²) in [5.41, 5.74) is 1.47. The zero-order chi connectivity index (χ0) is 11.4. The minimum Gasteiger partial charge on any atom is -0.323 e. The average molecular weight is 209 g/mol. The van der Waals surface area contributed by atoms with E-state index in [4.69, 9.17) is 0 Å². The molecule has 0 saturated heterocycles. The molecule has 1 N–H and O–H groups in total. The number of nitrogens with one attached hydrogen (secondary N) is 1. The quantitative estimate of drug-likeness (QED) is 0.805. The third-order valence-electron chi connectivity index (χ3n) is 1.99. The predicted octanol–water partition coefficient (Wildman–Crippen LogP) is 1.04. The summed E-state index contributed by atoms with van der Waals surface area (Å²) in [5, 5.41) is 6.81. The number of rotatable bonds is 4. The topological polar surface area (TPSA) is 64.0 Å². The fraction of sp³-hybridized carbons (Fsp3) is 0.500. The second-order valence-corrected chi connectivity index (χ2v) is 3.55. The van der Waals surface area contributed by atoms with Crippen LogP contribution in [0.25, 0.3) is 0 Å². The maximum absolute atomic E-state index is 11.4. The molecule has 5 nitrogen and oxygen atoms in total. The summed E-state index contributed by atoms with van der Waals surface area (Å²) < 4.78 is 1.63.